The van der Waals surface area contributed by atoms with E-state index in [1.165, 1.54) is 24.8 Å². The molecule has 0 aromatic heterocycles. The number of rotatable bonds is 4. The van der Waals surface area contributed by atoms with E-state index < -0.39 is 0 Å². The predicted octanol–water partition coefficient (Wildman–Crippen LogP) is 2.76. The van der Waals surface area contributed by atoms with E-state index in [1.54, 1.807) is 14.2 Å². The van der Waals surface area contributed by atoms with E-state index in [9.17, 15) is 0 Å². The van der Waals surface area contributed by atoms with Gasteiger partial charge in [0.05, 0.1) is 14.2 Å². The first-order valence-corrected chi connectivity index (χ1v) is 6.71. The molecule has 0 bridgehead atoms. The van der Waals surface area contributed by atoms with Gasteiger partial charge < -0.3 is 15.2 Å². The Morgan fingerprint density at radius 1 is 1.17 bits per heavy atom. The first-order valence-electron chi connectivity index (χ1n) is 6.71. The van der Waals surface area contributed by atoms with Crippen LogP contribution in [0.4, 0.5) is 0 Å². The topological polar surface area (TPSA) is 44.5 Å². The van der Waals surface area contributed by atoms with E-state index in [2.05, 4.69) is 6.07 Å². The third kappa shape index (κ3) is 2.78. The molecular formula is C15H23NO2. The molecule has 2 N–H and O–H groups in total. The summed E-state index contributed by atoms with van der Waals surface area (Å²) in [4.78, 5) is 0. The van der Waals surface area contributed by atoms with Crippen LogP contribution in [0.1, 0.15) is 31.2 Å². The number of hydrogen-bond donors (Lipinski definition) is 1. The molecule has 1 fully saturated rings. The molecule has 3 nitrogen and oxygen atoms in total. The normalized spacial score (nSPS) is 23.7. The molecular weight excluding hydrogens is 226 g/mol. The van der Waals surface area contributed by atoms with Gasteiger partial charge in [0.2, 0.25) is 0 Å². The maximum Gasteiger partial charge on any atom is 0.163 e. The lowest BCUT2D eigenvalue weighted by Crippen LogP contribution is -2.34. The molecule has 3 heteroatoms. The van der Waals surface area contributed by atoms with Crippen molar-refractivity contribution < 1.29 is 9.47 Å². The molecule has 1 aromatic rings. The highest BCUT2D eigenvalue weighted by atomic mass is 16.5. The van der Waals surface area contributed by atoms with Crippen molar-refractivity contribution in [2.24, 2.45) is 11.7 Å². The first-order chi connectivity index (χ1) is 8.76. The summed E-state index contributed by atoms with van der Waals surface area (Å²) in [5.74, 6) is 2.23. The molecule has 1 aliphatic rings. The van der Waals surface area contributed by atoms with Crippen molar-refractivity contribution in [3.8, 4) is 11.5 Å². The maximum absolute atomic E-state index is 6.22. The summed E-state index contributed by atoms with van der Waals surface area (Å²) in [5.41, 5.74) is 7.42. The summed E-state index contributed by atoms with van der Waals surface area (Å²) in [5, 5.41) is 0. The molecule has 0 spiro atoms. The van der Waals surface area contributed by atoms with Crippen LogP contribution in [-0.2, 0) is 6.42 Å². The van der Waals surface area contributed by atoms with Gasteiger partial charge in [0, 0.05) is 6.04 Å². The number of benzene rings is 1. The predicted molar refractivity (Wildman–Crippen MR) is 73.2 cm³/mol. The zero-order valence-electron chi connectivity index (χ0n) is 11.3. The van der Waals surface area contributed by atoms with Crippen molar-refractivity contribution in [2.75, 3.05) is 14.2 Å². The number of hydrogen-bond acceptors (Lipinski definition) is 3. The quantitative estimate of drug-likeness (QED) is 0.892. The van der Waals surface area contributed by atoms with Gasteiger partial charge in [0.1, 0.15) is 0 Å². The number of para-hydroxylation sites is 1. The fraction of sp³-hybridized carbons (Fsp3) is 0.600. The number of ether oxygens (including phenoxy) is 2. The maximum atomic E-state index is 6.22. The molecule has 1 aliphatic carbocycles. The Bertz CT molecular complexity index is 392. The third-order valence-electron chi connectivity index (χ3n) is 3.93. The lowest BCUT2D eigenvalue weighted by Gasteiger charge is -2.29. The third-order valence-corrected chi connectivity index (χ3v) is 3.93. The fourth-order valence-electron chi connectivity index (χ4n) is 2.89. The van der Waals surface area contributed by atoms with Crippen LogP contribution in [0.5, 0.6) is 11.5 Å². The average molecular weight is 249 g/mol. The Morgan fingerprint density at radius 2 is 1.94 bits per heavy atom. The van der Waals surface area contributed by atoms with Gasteiger partial charge in [-0.3, -0.25) is 0 Å². The molecule has 0 amide bonds. The summed E-state index contributed by atoms with van der Waals surface area (Å²) in [7, 11) is 3.37. The van der Waals surface area contributed by atoms with Crippen molar-refractivity contribution in [1.82, 2.24) is 0 Å². The SMILES string of the molecule is COc1cccc(CC2CCCCC2N)c1OC. The Morgan fingerprint density at radius 3 is 2.61 bits per heavy atom. The van der Waals surface area contributed by atoms with Gasteiger partial charge in [-0.15, -0.1) is 0 Å². The molecule has 18 heavy (non-hydrogen) atoms. The minimum absolute atomic E-state index is 0.328. The van der Waals surface area contributed by atoms with Crippen LogP contribution in [0.2, 0.25) is 0 Å². The molecule has 0 aliphatic heterocycles. The summed E-state index contributed by atoms with van der Waals surface area (Å²) in [6, 6.07) is 6.39. The zero-order chi connectivity index (χ0) is 13.0. The van der Waals surface area contributed by atoms with Crippen molar-refractivity contribution >= 4 is 0 Å². The van der Waals surface area contributed by atoms with Crippen LogP contribution in [-0.4, -0.2) is 20.3 Å². The molecule has 0 heterocycles. The summed E-state index contributed by atoms with van der Waals surface area (Å²) in [6.07, 6.45) is 5.93. The van der Waals surface area contributed by atoms with E-state index in [-0.39, 0.29) is 0 Å². The summed E-state index contributed by atoms with van der Waals surface area (Å²) in [6.45, 7) is 0. The highest BCUT2D eigenvalue weighted by Crippen LogP contribution is 2.35. The van der Waals surface area contributed by atoms with Crippen LogP contribution in [0.15, 0.2) is 18.2 Å². The minimum Gasteiger partial charge on any atom is -0.493 e. The van der Waals surface area contributed by atoms with Crippen molar-refractivity contribution in [2.45, 2.75) is 38.1 Å². The second-order valence-corrected chi connectivity index (χ2v) is 5.07. The fourth-order valence-corrected chi connectivity index (χ4v) is 2.89. The lowest BCUT2D eigenvalue weighted by atomic mass is 9.81. The number of methoxy groups -OCH3 is 2. The van der Waals surface area contributed by atoms with Gasteiger partial charge in [-0.2, -0.15) is 0 Å². The van der Waals surface area contributed by atoms with Gasteiger partial charge in [-0.25, -0.2) is 0 Å². The van der Waals surface area contributed by atoms with Crippen LogP contribution in [0.3, 0.4) is 0 Å². The molecule has 100 valence electrons. The van der Waals surface area contributed by atoms with Crippen LogP contribution in [0.25, 0.3) is 0 Å². The highest BCUT2D eigenvalue weighted by Gasteiger charge is 2.23. The molecule has 2 atom stereocenters. The van der Waals surface area contributed by atoms with Gasteiger partial charge in [-0.05, 0) is 36.8 Å². The van der Waals surface area contributed by atoms with E-state index in [0.29, 0.717) is 12.0 Å². The highest BCUT2D eigenvalue weighted by molar-refractivity contribution is 5.46. The van der Waals surface area contributed by atoms with Crippen LogP contribution >= 0.6 is 0 Å². The minimum atomic E-state index is 0.328. The standard InChI is InChI=1S/C15H23NO2/c1-17-14-9-5-7-12(15(14)18-2)10-11-6-3-4-8-13(11)16/h5,7,9,11,13H,3-4,6,8,10,16H2,1-2H3. The Hall–Kier alpha value is -1.22. The van der Waals surface area contributed by atoms with Crippen molar-refractivity contribution in [1.29, 1.82) is 0 Å². The van der Waals surface area contributed by atoms with E-state index in [4.69, 9.17) is 15.2 Å². The number of nitrogens with two attached hydrogens (primary N) is 1. The largest absolute Gasteiger partial charge is 0.493 e. The monoisotopic (exact) mass is 249 g/mol. The second-order valence-electron chi connectivity index (χ2n) is 5.07. The Labute approximate surface area is 109 Å². The van der Waals surface area contributed by atoms with E-state index in [1.807, 2.05) is 12.1 Å². The van der Waals surface area contributed by atoms with E-state index >= 15 is 0 Å². The molecule has 2 rings (SSSR count). The second kappa shape index (κ2) is 6.10. The first kappa shape index (κ1) is 13.2. The van der Waals surface area contributed by atoms with Crippen molar-refractivity contribution in [3.63, 3.8) is 0 Å². The Kier molecular flexibility index (Phi) is 4.48. The smallest absolute Gasteiger partial charge is 0.163 e. The lowest BCUT2D eigenvalue weighted by molar-refractivity contribution is 0.299. The zero-order valence-corrected chi connectivity index (χ0v) is 11.3. The van der Waals surface area contributed by atoms with E-state index in [0.717, 1.165) is 24.3 Å². The van der Waals surface area contributed by atoms with Gasteiger partial charge >= 0.3 is 0 Å². The van der Waals surface area contributed by atoms with Crippen LogP contribution < -0.4 is 15.2 Å². The molecule has 2 unspecified atom stereocenters. The molecule has 0 radical (unpaired) electrons. The van der Waals surface area contributed by atoms with Crippen LogP contribution in [0, 0.1) is 5.92 Å². The van der Waals surface area contributed by atoms with Gasteiger partial charge in [0.15, 0.2) is 11.5 Å². The van der Waals surface area contributed by atoms with Crippen molar-refractivity contribution in [3.05, 3.63) is 23.8 Å². The van der Waals surface area contributed by atoms with Gasteiger partial charge in [-0.1, -0.05) is 25.0 Å². The molecule has 1 saturated carbocycles. The summed E-state index contributed by atoms with van der Waals surface area (Å²) < 4.78 is 10.8. The molecule has 1 aromatic carbocycles. The molecule has 0 saturated heterocycles. The summed E-state index contributed by atoms with van der Waals surface area (Å²) >= 11 is 0. The Balaban J connectivity index is 2.17. The van der Waals surface area contributed by atoms with Gasteiger partial charge in [0.25, 0.3) is 0 Å². The average Bonchev–Trinajstić information content (AvgIpc) is 2.41.